The van der Waals surface area contributed by atoms with Gasteiger partial charge in [0.05, 0.1) is 17.1 Å². The van der Waals surface area contributed by atoms with E-state index in [-0.39, 0.29) is 0 Å². The van der Waals surface area contributed by atoms with Crippen LogP contribution >= 0.6 is 0 Å². The highest BCUT2D eigenvalue weighted by molar-refractivity contribution is 5.79. The minimum atomic E-state index is 0.629. The van der Waals surface area contributed by atoms with Crippen LogP contribution in [0.4, 0.5) is 0 Å². The second-order valence-corrected chi connectivity index (χ2v) is 11.3. The fourth-order valence-corrected chi connectivity index (χ4v) is 5.63. The highest BCUT2D eigenvalue weighted by atomic mass is 15.0. The average Bonchev–Trinajstić information content (AvgIpc) is 3.19. The molecule has 6 heteroatoms. The van der Waals surface area contributed by atoms with Gasteiger partial charge in [0.25, 0.3) is 0 Å². The largest absolute Gasteiger partial charge is 0.264 e. The quantitative estimate of drug-likeness (QED) is 0.177. The molecule has 4 aromatic heterocycles. The molecule has 0 aliphatic heterocycles. The van der Waals surface area contributed by atoms with Crippen molar-refractivity contribution >= 4 is 0 Å². The predicted octanol–water partition coefficient (Wildman–Crippen LogP) is 9.73. The Morgan fingerprint density at radius 3 is 1.44 bits per heavy atom. The van der Waals surface area contributed by atoms with Gasteiger partial charge in [0.15, 0.2) is 17.5 Å². The van der Waals surface area contributed by atoms with E-state index >= 15 is 0 Å². The molecule has 0 bridgehead atoms. The summed E-state index contributed by atoms with van der Waals surface area (Å²) < 4.78 is 0. The van der Waals surface area contributed by atoms with Gasteiger partial charge in [-0.1, -0.05) is 109 Å². The number of hydrogen-bond acceptors (Lipinski definition) is 6. The van der Waals surface area contributed by atoms with Crippen molar-refractivity contribution in [3.63, 3.8) is 0 Å². The van der Waals surface area contributed by atoms with Gasteiger partial charge >= 0.3 is 0 Å². The summed E-state index contributed by atoms with van der Waals surface area (Å²) in [5.74, 6) is 1.92. The van der Waals surface area contributed by atoms with E-state index in [9.17, 15) is 0 Å². The monoisotopic (exact) mass is 616 g/mol. The number of benzene rings is 4. The highest BCUT2D eigenvalue weighted by Gasteiger charge is 2.14. The Balaban J connectivity index is 1.16. The second-order valence-electron chi connectivity index (χ2n) is 11.3. The van der Waals surface area contributed by atoms with Gasteiger partial charge in [-0.25, -0.2) is 19.9 Å². The first-order valence-electron chi connectivity index (χ1n) is 15.7. The van der Waals surface area contributed by atoms with Gasteiger partial charge in [-0.3, -0.25) is 9.97 Å². The fourth-order valence-electron chi connectivity index (χ4n) is 5.63. The summed E-state index contributed by atoms with van der Waals surface area (Å²) in [6.45, 7) is 0. The maximum absolute atomic E-state index is 4.95. The molecule has 8 aromatic rings. The van der Waals surface area contributed by atoms with Crippen molar-refractivity contribution < 1.29 is 0 Å². The number of pyridine rings is 3. The summed E-state index contributed by atoms with van der Waals surface area (Å²) in [6, 6.07) is 51.0. The Morgan fingerprint density at radius 1 is 0.292 bits per heavy atom. The zero-order chi connectivity index (χ0) is 32.1. The molecular formula is C42H28N6. The van der Waals surface area contributed by atoms with Crippen LogP contribution in [-0.2, 0) is 0 Å². The van der Waals surface area contributed by atoms with E-state index in [1.165, 1.54) is 0 Å². The zero-order valence-electron chi connectivity index (χ0n) is 25.8. The summed E-state index contributed by atoms with van der Waals surface area (Å²) in [7, 11) is 0. The number of rotatable bonds is 7. The van der Waals surface area contributed by atoms with Gasteiger partial charge in [-0.2, -0.15) is 0 Å². The molecule has 0 amide bonds. The van der Waals surface area contributed by atoms with Gasteiger partial charge < -0.3 is 0 Å². The SMILES string of the molecule is c1ccc(-c2nc(-c3ccccc3)nc(-c3ccc(-c4cccc(-c5cc(-c6cccnc6)nc(-c6ccccn6)c5)c4)cc3)n2)cc1. The minimum Gasteiger partial charge on any atom is -0.264 e. The van der Waals surface area contributed by atoms with Crippen LogP contribution in [-0.4, -0.2) is 29.9 Å². The van der Waals surface area contributed by atoms with Crippen molar-refractivity contribution in [2.24, 2.45) is 0 Å². The molecule has 0 radical (unpaired) electrons. The molecule has 0 aliphatic rings. The number of aromatic nitrogens is 6. The summed E-state index contributed by atoms with van der Waals surface area (Å²) in [4.78, 5) is 28.4. The van der Waals surface area contributed by atoms with Gasteiger partial charge in [0.2, 0.25) is 0 Å². The Bertz CT molecular complexity index is 2190. The van der Waals surface area contributed by atoms with Crippen LogP contribution in [0.5, 0.6) is 0 Å². The highest BCUT2D eigenvalue weighted by Crippen LogP contribution is 2.33. The van der Waals surface area contributed by atoms with E-state index in [1.54, 1.807) is 12.4 Å². The lowest BCUT2D eigenvalue weighted by Gasteiger charge is -2.11. The van der Waals surface area contributed by atoms with Crippen LogP contribution in [0.2, 0.25) is 0 Å². The molecule has 0 saturated carbocycles. The van der Waals surface area contributed by atoms with E-state index < -0.39 is 0 Å². The first-order chi connectivity index (χ1) is 23.8. The predicted molar refractivity (Wildman–Crippen MR) is 191 cm³/mol. The zero-order valence-corrected chi connectivity index (χ0v) is 25.8. The maximum atomic E-state index is 4.95. The Hall–Kier alpha value is -6.66. The van der Waals surface area contributed by atoms with Gasteiger partial charge in [0, 0.05) is 40.8 Å². The van der Waals surface area contributed by atoms with Gasteiger partial charge in [-0.15, -0.1) is 0 Å². The van der Waals surface area contributed by atoms with Gasteiger partial charge in [0.1, 0.15) is 0 Å². The summed E-state index contributed by atoms with van der Waals surface area (Å²) in [5.41, 5.74) is 10.6. The third-order valence-electron chi connectivity index (χ3n) is 8.08. The molecule has 0 N–H and O–H groups in total. The van der Waals surface area contributed by atoms with E-state index in [1.807, 2.05) is 97.2 Å². The number of nitrogens with zero attached hydrogens (tertiary/aromatic N) is 6. The second kappa shape index (κ2) is 13.0. The first kappa shape index (κ1) is 28.8. The lowest BCUT2D eigenvalue weighted by Crippen LogP contribution is -2.00. The van der Waals surface area contributed by atoms with Crippen molar-refractivity contribution in [2.75, 3.05) is 0 Å². The topological polar surface area (TPSA) is 77.3 Å². The smallest absolute Gasteiger partial charge is 0.164 e. The van der Waals surface area contributed by atoms with Crippen molar-refractivity contribution in [1.29, 1.82) is 0 Å². The maximum Gasteiger partial charge on any atom is 0.164 e. The van der Waals surface area contributed by atoms with E-state index in [2.05, 4.69) is 70.6 Å². The van der Waals surface area contributed by atoms with Crippen LogP contribution in [0.15, 0.2) is 170 Å². The number of hydrogen-bond donors (Lipinski definition) is 0. The molecule has 0 unspecified atom stereocenters. The summed E-state index contributed by atoms with van der Waals surface area (Å²) in [5, 5.41) is 0. The van der Waals surface area contributed by atoms with E-state index in [4.69, 9.17) is 19.9 Å². The lowest BCUT2D eigenvalue weighted by molar-refractivity contribution is 1.07. The van der Waals surface area contributed by atoms with Crippen LogP contribution in [0.1, 0.15) is 0 Å². The van der Waals surface area contributed by atoms with Crippen molar-refractivity contribution in [3.8, 4) is 79.1 Å². The van der Waals surface area contributed by atoms with Crippen LogP contribution < -0.4 is 0 Å². The van der Waals surface area contributed by atoms with Crippen LogP contribution in [0.3, 0.4) is 0 Å². The van der Waals surface area contributed by atoms with E-state index in [0.29, 0.717) is 17.5 Å². The molecule has 48 heavy (non-hydrogen) atoms. The molecule has 0 aliphatic carbocycles. The molecule has 4 heterocycles. The molecule has 0 atom stereocenters. The molecule has 6 nitrogen and oxygen atoms in total. The molecule has 8 rings (SSSR count). The molecular weight excluding hydrogens is 589 g/mol. The third-order valence-corrected chi connectivity index (χ3v) is 8.08. The van der Waals surface area contributed by atoms with Crippen molar-refractivity contribution in [3.05, 3.63) is 170 Å². The van der Waals surface area contributed by atoms with E-state index in [0.717, 1.165) is 61.6 Å². The molecule has 0 saturated heterocycles. The third kappa shape index (κ3) is 6.10. The van der Waals surface area contributed by atoms with Gasteiger partial charge in [-0.05, 0) is 64.7 Å². The lowest BCUT2D eigenvalue weighted by atomic mass is 9.97. The average molecular weight is 617 g/mol. The van der Waals surface area contributed by atoms with Crippen LogP contribution in [0.25, 0.3) is 79.1 Å². The summed E-state index contributed by atoms with van der Waals surface area (Å²) >= 11 is 0. The molecule has 0 spiro atoms. The standard InChI is InChI=1S/C42H28N6/c1-3-11-30(12-4-1)40-46-41(31-13-5-2-6-14-31)48-42(47-40)32-21-19-29(20-22-32)33-15-9-16-34(25-33)36-26-38(35-17-10-23-43-28-35)45-39(27-36)37-18-7-8-24-44-37/h1-28H. The van der Waals surface area contributed by atoms with Crippen molar-refractivity contribution in [2.45, 2.75) is 0 Å². The molecule has 0 fully saturated rings. The van der Waals surface area contributed by atoms with Crippen LogP contribution in [0, 0.1) is 0 Å². The fraction of sp³-hybridized carbons (Fsp3) is 0. The Kier molecular flexibility index (Phi) is 7.79. The molecule has 226 valence electrons. The Morgan fingerprint density at radius 2 is 0.833 bits per heavy atom. The van der Waals surface area contributed by atoms with Crippen molar-refractivity contribution in [1.82, 2.24) is 29.9 Å². The normalized spacial score (nSPS) is 10.9. The minimum absolute atomic E-state index is 0.629. The summed E-state index contributed by atoms with van der Waals surface area (Å²) in [6.07, 6.45) is 5.40. The first-order valence-corrected chi connectivity index (χ1v) is 15.7. The Labute approximate surface area is 278 Å². The molecule has 4 aromatic carbocycles.